The molecule has 1 atom stereocenters. The van der Waals surface area contributed by atoms with Crippen molar-refractivity contribution >= 4 is 18.1 Å². The number of aromatic nitrogens is 2. The van der Waals surface area contributed by atoms with Gasteiger partial charge in [-0.2, -0.15) is 0 Å². The summed E-state index contributed by atoms with van der Waals surface area (Å²) in [5, 5.41) is 0. The molecular weight excluding hydrogens is 294 g/mol. The second-order valence-corrected chi connectivity index (χ2v) is 6.40. The number of nitrogens with zero attached hydrogens (tertiary/aromatic N) is 2. The molecule has 1 aromatic carbocycles. The molecule has 3 rings (SSSR count). The van der Waals surface area contributed by atoms with E-state index in [1.165, 1.54) is 6.42 Å². The molecule has 1 saturated heterocycles. The summed E-state index contributed by atoms with van der Waals surface area (Å²) < 4.78 is 2.54. The minimum Gasteiger partial charge on any atom is -0.339 e. The van der Waals surface area contributed by atoms with Gasteiger partial charge in [-0.3, -0.25) is 9.36 Å². The van der Waals surface area contributed by atoms with E-state index in [-0.39, 0.29) is 5.91 Å². The third-order valence-electron chi connectivity index (χ3n) is 4.35. The highest BCUT2D eigenvalue weighted by Crippen LogP contribution is 2.19. The number of rotatable bonds is 2. The normalized spacial score (nSPS) is 19.0. The van der Waals surface area contributed by atoms with Crippen LogP contribution in [0.1, 0.15) is 36.5 Å². The maximum Gasteiger partial charge on any atom is 0.253 e. The summed E-state index contributed by atoms with van der Waals surface area (Å²) in [6.45, 7) is 4.00. The molecule has 0 radical (unpaired) electrons. The Bertz CT molecular complexity index is 701. The van der Waals surface area contributed by atoms with Gasteiger partial charge in [0.25, 0.3) is 5.91 Å². The average molecular weight is 315 g/mol. The Kier molecular flexibility index (Phi) is 4.43. The summed E-state index contributed by atoms with van der Waals surface area (Å²) in [6.07, 6.45) is 7.11. The van der Waals surface area contributed by atoms with Crippen LogP contribution in [0, 0.1) is 10.7 Å². The van der Waals surface area contributed by atoms with Crippen LogP contribution < -0.4 is 0 Å². The van der Waals surface area contributed by atoms with E-state index in [1.807, 2.05) is 39.9 Å². The Labute approximate surface area is 135 Å². The maximum atomic E-state index is 12.6. The minimum atomic E-state index is 0.137. The van der Waals surface area contributed by atoms with E-state index >= 15 is 0 Å². The number of amides is 1. The molecule has 116 valence electrons. The Morgan fingerprint density at radius 1 is 1.23 bits per heavy atom. The van der Waals surface area contributed by atoms with Crippen molar-refractivity contribution in [2.75, 3.05) is 13.1 Å². The Morgan fingerprint density at radius 2 is 2.00 bits per heavy atom. The molecular formula is C17H21N3OS. The van der Waals surface area contributed by atoms with Crippen molar-refractivity contribution in [3.63, 3.8) is 0 Å². The molecule has 0 bridgehead atoms. The van der Waals surface area contributed by atoms with Crippen molar-refractivity contribution in [2.45, 2.75) is 26.2 Å². The van der Waals surface area contributed by atoms with Crippen LogP contribution in [-0.2, 0) is 0 Å². The highest BCUT2D eigenvalue weighted by atomic mass is 32.1. The van der Waals surface area contributed by atoms with Gasteiger partial charge in [-0.25, -0.2) is 0 Å². The largest absolute Gasteiger partial charge is 0.339 e. The summed E-state index contributed by atoms with van der Waals surface area (Å²) in [5.41, 5.74) is 1.72. The van der Waals surface area contributed by atoms with E-state index in [0.29, 0.717) is 4.77 Å². The first kappa shape index (κ1) is 15.0. The van der Waals surface area contributed by atoms with E-state index < -0.39 is 0 Å². The smallest absolute Gasteiger partial charge is 0.253 e. The number of carbonyl (C=O) groups excluding carboxylic acids is 1. The number of hydrogen-bond donors (Lipinski definition) is 1. The number of H-pyrrole nitrogens is 1. The molecule has 1 aliphatic heterocycles. The van der Waals surface area contributed by atoms with Gasteiger partial charge in [0.15, 0.2) is 4.77 Å². The number of aromatic amines is 1. The van der Waals surface area contributed by atoms with Crippen molar-refractivity contribution in [1.82, 2.24) is 14.5 Å². The average Bonchev–Trinajstić information content (AvgIpc) is 2.84. The molecule has 1 aliphatic rings. The molecule has 22 heavy (non-hydrogen) atoms. The molecule has 1 unspecified atom stereocenters. The van der Waals surface area contributed by atoms with Crippen LogP contribution in [0.5, 0.6) is 0 Å². The predicted molar refractivity (Wildman–Crippen MR) is 89.9 cm³/mol. The lowest BCUT2D eigenvalue weighted by atomic mass is 10.0. The number of benzene rings is 1. The van der Waals surface area contributed by atoms with E-state index in [4.69, 9.17) is 12.2 Å². The van der Waals surface area contributed by atoms with Crippen molar-refractivity contribution in [3.05, 3.63) is 47.0 Å². The van der Waals surface area contributed by atoms with E-state index in [9.17, 15) is 4.79 Å². The van der Waals surface area contributed by atoms with Gasteiger partial charge in [-0.1, -0.05) is 6.92 Å². The molecule has 1 fully saturated rings. The number of nitrogens with one attached hydrogen (secondary N) is 1. The maximum absolute atomic E-state index is 12.6. The second kappa shape index (κ2) is 6.48. The van der Waals surface area contributed by atoms with Gasteiger partial charge in [0.1, 0.15) is 0 Å². The fraction of sp³-hybridized carbons (Fsp3) is 0.412. The third-order valence-corrected chi connectivity index (χ3v) is 4.66. The first-order valence-corrected chi connectivity index (χ1v) is 8.22. The fourth-order valence-corrected chi connectivity index (χ4v) is 3.17. The lowest BCUT2D eigenvalue weighted by Crippen LogP contribution is -2.31. The quantitative estimate of drug-likeness (QED) is 0.857. The Morgan fingerprint density at radius 3 is 2.68 bits per heavy atom. The van der Waals surface area contributed by atoms with Crippen molar-refractivity contribution < 1.29 is 4.79 Å². The minimum absolute atomic E-state index is 0.137. The monoisotopic (exact) mass is 315 g/mol. The first-order valence-electron chi connectivity index (χ1n) is 7.81. The zero-order valence-corrected chi connectivity index (χ0v) is 13.6. The van der Waals surface area contributed by atoms with E-state index in [2.05, 4.69) is 11.9 Å². The molecule has 5 heteroatoms. The zero-order chi connectivity index (χ0) is 15.5. The van der Waals surface area contributed by atoms with Crippen molar-refractivity contribution in [3.8, 4) is 5.69 Å². The van der Waals surface area contributed by atoms with Gasteiger partial charge in [0, 0.05) is 36.7 Å². The molecule has 2 heterocycles. The van der Waals surface area contributed by atoms with Crippen LogP contribution in [0.2, 0.25) is 0 Å². The molecule has 0 saturated carbocycles. The molecule has 1 aromatic heterocycles. The van der Waals surface area contributed by atoms with Gasteiger partial charge in [0.05, 0.1) is 0 Å². The summed E-state index contributed by atoms with van der Waals surface area (Å²) in [4.78, 5) is 17.6. The van der Waals surface area contributed by atoms with Crippen molar-refractivity contribution in [1.29, 1.82) is 0 Å². The Hall–Kier alpha value is -1.88. The van der Waals surface area contributed by atoms with Gasteiger partial charge in [0.2, 0.25) is 0 Å². The van der Waals surface area contributed by atoms with Crippen LogP contribution in [0.25, 0.3) is 5.69 Å². The summed E-state index contributed by atoms with van der Waals surface area (Å²) in [6, 6.07) is 7.66. The SMILES string of the molecule is CC1CCCN(C(=O)c2ccc(-n3cc[nH]c3=S)cc2)CC1. The van der Waals surface area contributed by atoms with E-state index in [0.717, 1.165) is 43.1 Å². The molecule has 0 aliphatic carbocycles. The van der Waals surface area contributed by atoms with Crippen LogP contribution in [0.15, 0.2) is 36.7 Å². The fourth-order valence-electron chi connectivity index (χ4n) is 2.94. The van der Waals surface area contributed by atoms with Crippen molar-refractivity contribution in [2.24, 2.45) is 5.92 Å². The Balaban J connectivity index is 1.76. The van der Waals surface area contributed by atoms with Crippen LogP contribution in [0.3, 0.4) is 0 Å². The summed E-state index contributed by atoms with van der Waals surface area (Å²) in [5.74, 6) is 0.856. The predicted octanol–water partition coefficient (Wildman–Crippen LogP) is 3.80. The number of likely N-dealkylation sites (tertiary alicyclic amines) is 1. The topological polar surface area (TPSA) is 41.0 Å². The van der Waals surface area contributed by atoms with Crippen LogP contribution in [-0.4, -0.2) is 33.4 Å². The summed E-state index contributed by atoms with van der Waals surface area (Å²) >= 11 is 5.21. The second-order valence-electron chi connectivity index (χ2n) is 6.01. The highest BCUT2D eigenvalue weighted by molar-refractivity contribution is 7.71. The van der Waals surface area contributed by atoms with Gasteiger partial charge in [-0.05, 0) is 61.7 Å². The zero-order valence-electron chi connectivity index (χ0n) is 12.8. The lowest BCUT2D eigenvalue weighted by Gasteiger charge is -2.20. The highest BCUT2D eigenvalue weighted by Gasteiger charge is 2.19. The third kappa shape index (κ3) is 3.14. The van der Waals surface area contributed by atoms with Crippen LogP contribution in [0.4, 0.5) is 0 Å². The number of carbonyl (C=O) groups is 1. The van der Waals surface area contributed by atoms with E-state index in [1.54, 1.807) is 6.20 Å². The first-order chi connectivity index (χ1) is 10.6. The molecule has 2 aromatic rings. The number of imidazole rings is 1. The van der Waals surface area contributed by atoms with Gasteiger partial charge in [-0.15, -0.1) is 0 Å². The van der Waals surface area contributed by atoms with Gasteiger partial charge < -0.3 is 9.88 Å². The van der Waals surface area contributed by atoms with Gasteiger partial charge >= 0.3 is 0 Å². The molecule has 1 N–H and O–H groups in total. The summed E-state index contributed by atoms with van der Waals surface area (Å²) in [7, 11) is 0. The molecule has 4 nitrogen and oxygen atoms in total. The molecule has 0 spiro atoms. The number of hydrogen-bond acceptors (Lipinski definition) is 2. The van der Waals surface area contributed by atoms with Crippen LogP contribution >= 0.6 is 12.2 Å². The lowest BCUT2D eigenvalue weighted by molar-refractivity contribution is 0.0760. The standard InChI is InChI=1S/C17H21N3OS/c1-13-3-2-10-19(11-8-13)16(21)14-4-6-15(7-5-14)20-12-9-18-17(20)22/h4-7,9,12-13H,2-3,8,10-11H2,1H3,(H,18,22). The molecule has 1 amide bonds.